The van der Waals surface area contributed by atoms with Gasteiger partial charge < -0.3 is 18.9 Å². The summed E-state index contributed by atoms with van der Waals surface area (Å²) in [5.41, 5.74) is 1.13. The highest BCUT2D eigenvalue weighted by atomic mass is 32.1. The number of ketones is 1. The number of benzene rings is 2. The molecule has 0 saturated heterocycles. The average Bonchev–Trinajstić information content (AvgIpc) is 3.32. The molecule has 0 bridgehead atoms. The summed E-state index contributed by atoms with van der Waals surface area (Å²) in [5.74, 6) is 1.05. The molecule has 0 atom stereocenters. The fraction of sp³-hybridized carbons (Fsp3) is 0.130. The van der Waals surface area contributed by atoms with Crippen LogP contribution in [0.25, 0.3) is 6.08 Å². The number of methoxy groups -OCH3 is 3. The lowest BCUT2D eigenvalue weighted by molar-refractivity contribution is 0.0734. The highest BCUT2D eigenvalue weighted by Crippen LogP contribution is 2.30. The molecule has 0 saturated carbocycles. The van der Waals surface area contributed by atoms with Crippen LogP contribution in [-0.4, -0.2) is 33.1 Å². The maximum Gasteiger partial charge on any atom is 0.353 e. The van der Waals surface area contributed by atoms with Crippen molar-refractivity contribution in [2.45, 2.75) is 0 Å². The van der Waals surface area contributed by atoms with Gasteiger partial charge in [0.2, 0.25) is 0 Å². The summed E-state index contributed by atoms with van der Waals surface area (Å²) >= 11 is 1.30. The maximum absolute atomic E-state index is 12.6. The average molecular weight is 424 g/mol. The van der Waals surface area contributed by atoms with Gasteiger partial charge in [0.15, 0.2) is 17.3 Å². The lowest BCUT2D eigenvalue weighted by Gasteiger charge is -2.09. The first kappa shape index (κ1) is 21.1. The first-order chi connectivity index (χ1) is 14.5. The minimum Gasteiger partial charge on any atom is -0.497 e. The van der Waals surface area contributed by atoms with Gasteiger partial charge in [-0.05, 0) is 47.4 Å². The van der Waals surface area contributed by atoms with Gasteiger partial charge in [0, 0.05) is 6.07 Å². The Hall–Kier alpha value is -3.58. The summed E-state index contributed by atoms with van der Waals surface area (Å²) in [7, 11) is 4.53. The van der Waals surface area contributed by atoms with Crippen LogP contribution >= 0.6 is 11.3 Å². The normalized spacial score (nSPS) is 10.6. The number of carbonyl (C=O) groups is 2. The summed E-state index contributed by atoms with van der Waals surface area (Å²) < 4.78 is 21.2. The van der Waals surface area contributed by atoms with E-state index in [1.54, 1.807) is 67.1 Å². The number of thiophene rings is 1. The van der Waals surface area contributed by atoms with Crippen LogP contribution in [0.15, 0.2) is 60.0 Å². The number of ether oxygens (including phenoxy) is 4. The van der Waals surface area contributed by atoms with Crippen LogP contribution in [0.4, 0.5) is 0 Å². The number of allylic oxidation sites excluding steroid dienone is 1. The van der Waals surface area contributed by atoms with Crippen LogP contribution in [0.3, 0.4) is 0 Å². The lowest BCUT2D eigenvalue weighted by atomic mass is 10.1. The third kappa shape index (κ3) is 4.87. The summed E-state index contributed by atoms with van der Waals surface area (Å²) in [6.45, 7) is 0. The quantitative estimate of drug-likeness (QED) is 0.222. The Morgan fingerprint density at radius 2 is 1.67 bits per heavy atom. The number of hydrogen-bond donors (Lipinski definition) is 0. The molecule has 0 radical (unpaired) electrons. The van der Waals surface area contributed by atoms with Crippen molar-refractivity contribution in [2.75, 3.05) is 21.3 Å². The van der Waals surface area contributed by atoms with E-state index in [1.165, 1.54) is 31.6 Å². The highest BCUT2D eigenvalue weighted by molar-refractivity contribution is 7.12. The molecule has 2 aromatic carbocycles. The molecule has 0 N–H and O–H groups in total. The minimum atomic E-state index is -0.451. The Bertz CT molecular complexity index is 1070. The van der Waals surface area contributed by atoms with Crippen molar-refractivity contribution in [1.29, 1.82) is 0 Å². The molecule has 6 nitrogen and oxygen atoms in total. The Kier molecular flexibility index (Phi) is 6.87. The molecule has 0 unspecified atom stereocenters. The number of hydrogen-bond acceptors (Lipinski definition) is 7. The second-order valence-corrected chi connectivity index (χ2v) is 6.99. The molecule has 1 heterocycles. The number of carbonyl (C=O) groups excluding carboxylic acids is 2. The number of esters is 1. The summed E-state index contributed by atoms with van der Waals surface area (Å²) in [6, 6.07) is 13.5. The van der Waals surface area contributed by atoms with E-state index in [1.807, 2.05) is 0 Å². The fourth-order valence-electron chi connectivity index (χ4n) is 2.68. The van der Waals surface area contributed by atoms with E-state index in [-0.39, 0.29) is 5.78 Å². The second kappa shape index (κ2) is 9.76. The Morgan fingerprint density at radius 3 is 2.33 bits per heavy atom. The van der Waals surface area contributed by atoms with Crippen molar-refractivity contribution in [3.05, 3.63) is 76.0 Å². The van der Waals surface area contributed by atoms with Gasteiger partial charge in [0.05, 0.1) is 26.9 Å². The van der Waals surface area contributed by atoms with Crippen molar-refractivity contribution in [3.8, 4) is 23.0 Å². The van der Waals surface area contributed by atoms with Gasteiger partial charge in [-0.3, -0.25) is 4.79 Å². The fourth-order valence-corrected chi connectivity index (χ4v) is 3.28. The first-order valence-electron chi connectivity index (χ1n) is 8.94. The molecule has 0 fully saturated rings. The lowest BCUT2D eigenvalue weighted by Crippen LogP contribution is -2.07. The molecular formula is C23H20O6S. The zero-order chi connectivity index (χ0) is 21.5. The van der Waals surface area contributed by atoms with Crippen LogP contribution in [0.5, 0.6) is 23.0 Å². The van der Waals surface area contributed by atoms with Crippen LogP contribution in [0.2, 0.25) is 0 Å². The predicted octanol–water partition coefficient (Wildman–Crippen LogP) is 4.89. The summed E-state index contributed by atoms with van der Waals surface area (Å²) in [5, 5.41) is 1.80. The van der Waals surface area contributed by atoms with Gasteiger partial charge in [-0.1, -0.05) is 18.2 Å². The molecule has 0 amide bonds. The van der Waals surface area contributed by atoms with Crippen LogP contribution in [0, 0.1) is 0 Å². The van der Waals surface area contributed by atoms with E-state index in [2.05, 4.69) is 0 Å². The van der Waals surface area contributed by atoms with Crippen molar-refractivity contribution in [2.24, 2.45) is 0 Å². The Labute approximate surface area is 178 Å². The van der Waals surface area contributed by atoms with Gasteiger partial charge >= 0.3 is 5.97 Å². The van der Waals surface area contributed by atoms with Gasteiger partial charge in [0.25, 0.3) is 0 Å². The molecule has 7 heteroatoms. The van der Waals surface area contributed by atoms with E-state index in [4.69, 9.17) is 18.9 Å². The molecule has 154 valence electrons. The van der Waals surface area contributed by atoms with E-state index in [0.29, 0.717) is 39.0 Å². The Balaban J connectivity index is 1.77. The monoisotopic (exact) mass is 424 g/mol. The van der Waals surface area contributed by atoms with Gasteiger partial charge in [-0.2, -0.15) is 0 Å². The molecule has 0 aliphatic heterocycles. The molecular weight excluding hydrogens is 404 g/mol. The van der Waals surface area contributed by atoms with E-state index >= 15 is 0 Å². The zero-order valence-electron chi connectivity index (χ0n) is 16.7. The summed E-state index contributed by atoms with van der Waals surface area (Å²) in [6.07, 6.45) is 3.09. The van der Waals surface area contributed by atoms with Crippen LogP contribution < -0.4 is 18.9 Å². The molecule has 3 rings (SSSR count). The highest BCUT2D eigenvalue weighted by Gasteiger charge is 2.14. The number of rotatable bonds is 8. The standard InChI is InChI=1S/C23H20O6S/c1-26-16-8-9-17(20(14-16)27-2)18(24)10-6-15-7-11-19(21(13-15)28-3)29-23(25)22-5-4-12-30-22/h4-14H,1-3H3. The second-order valence-electron chi connectivity index (χ2n) is 6.04. The van der Waals surface area contributed by atoms with Gasteiger partial charge in [-0.25, -0.2) is 4.79 Å². The van der Waals surface area contributed by atoms with Crippen molar-refractivity contribution >= 4 is 29.2 Å². The zero-order valence-corrected chi connectivity index (χ0v) is 17.5. The van der Waals surface area contributed by atoms with E-state index < -0.39 is 5.97 Å². The molecule has 0 aliphatic carbocycles. The van der Waals surface area contributed by atoms with E-state index in [9.17, 15) is 9.59 Å². The molecule has 3 aromatic rings. The van der Waals surface area contributed by atoms with Crippen LogP contribution in [-0.2, 0) is 0 Å². The topological polar surface area (TPSA) is 71.1 Å². The van der Waals surface area contributed by atoms with Gasteiger partial charge in [0.1, 0.15) is 16.4 Å². The van der Waals surface area contributed by atoms with Gasteiger partial charge in [-0.15, -0.1) is 11.3 Å². The van der Waals surface area contributed by atoms with Crippen molar-refractivity contribution < 1.29 is 28.5 Å². The molecule has 0 spiro atoms. The predicted molar refractivity (Wildman–Crippen MR) is 115 cm³/mol. The summed E-state index contributed by atoms with van der Waals surface area (Å²) in [4.78, 5) is 25.2. The SMILES string of the molecule is COc1ccc(C(=O)C=Cc2ccc(OC(=O)c3cccs3)c(OC)c2)c(OC)c1. The van der Waals surface area contributed by atoms with Crippen molar-refractivity contribution in [1.82, 2.24) is 0 Å². The smallest absolute Gasteiger partial charge is 0.353 e. The Morgan fingerprint density at radius 1 is 0.867 bits per heavy atom. The van der Waals surface area contributed by atoms with Crippen molar-refractivity contribution in [3.63, 3.8) is 0 Å². The maximum atomic E-state index is 12.6. The molecule has 0 aliphatic rings. The third-order valence-corrected chi connectivity index (χ3v) is 5.06. The minimum absolute atomic E-state index is 0.221. The first-order valence-corrected chi connectivity index (χ1v) is 9.82. The molecule has 1 aromatic heterocycles. The largest absolute Gasteiger partial charge is 0.497 e. The van der Waals surface area contributed by atoms with E-state index in [0.717, 1.165) is 0 Å². The molecule has 30 heavy (non-hydrogen) atoms. The van der Waals surface area contributed by atoms with Crippen LogP contribution in [0.1, 0.15) is 25.6 Å². The third-order valence-electron chi connectivity index (χ3n) is 4.21.